The smallest absolute Gasteiger partial charge is 0.00559 e. The van der Waals surface area contributed by atoms with Crippen molar-refractivity contribution in [3.05, 3.63) is 169 Å². The zero-order valence-corrected chi connectivity index (χ0v) is 30.9. The van der Waals surface area contributed by atoms with Crippen LogP contribution in [0.1, 0.15) is 87.2 Å². The molecule has 0 spiro atoms. The van der Waals surface area contributed by atoms with Crippen molar-refractivity contribution in [3.63, 3.8) is 0 Å². The fourth-order valence-electron chi connectivity index (χ4n) is 8.70. The van der Waals surface area contributed by atoms with Crippen LogP contribution in [0.5, 0.6) is 0 Å². The first-order valence-electron chi connectivity index (χ1n) is 18.9. The molecule has 6 aromatic rings. The summed E-state index contributed by atoms with van der Waals surface area (Å²) in [6.07, 6.45) is 13.2. The van der Waals surface area contributed by atoms with Gasteiger partial charge in [0.1, 0.15) is 0 Å². The summed E-state index contributed by atoms with van der Waals surface area (Å²) < 4.78 is 0. The molecule has 2 heteroatoms. The molecule has 8 rings (SSSR count). The van der Waals surface area contributed by atoms with E-state index in [1.165, 1.54) is 96.0 Å². The lowest BCUT2D eigenvalue weighted by molar-refractivity contribution is 0.442. The van der Waals surface area contributed by atoms with E-state index in [2.05, 4.69) is 158 Å². The molecule has 0 N–H and O–H groups in total. The van der Waals surface area contributed by atoms with E-state index in [0.717, 1.165) is 0 Å². The van der Waals surface area contributed by atoms with Crippen molar-refractivity contribution in [1.82, 2.24) is 0 Å². The third kappa shape index (κ3) is 7.04. The highest BCUT2D eigenvalue weighted by Crippen LogP contribution is 2.49. The van der Waals surface area contributed by atoms with E-state index in [1.54, 1.807) is 22.3 Å². The topological polar surface area (TPSA) is 0 Å². The van der Waals surface area contributed by atoms with Crippen molar-refractivity contribution in [2.24, 2.45) is 0 Å². The van der Waals surface area contributed by atoms with Crippen LogP contribution in [0.3, 0.4) is 0 Å². The van der Waals surface area contributed by atoms with Gasteiger partial charge in [0.25, 0.3) is 0 Å². The molecule has 0 nitrogen and oxygen atoms in total. The predicted octanol–water partition coefficient (Wildman–Crippen LogP) is 11.0. The summed E-state index contributed by atoms with van der Waals surface area (Å²) in [6, 6.07) is 60.6. The molecule has 50 heavy (non-hydrogen) atoms. The second kappa shape index (κ2) is 16.0. The van der Waals surface area contributed by atoms with Crippen LogP contribution in [-0.2, 0) is 0 Å². The van der Waals surface area contributed by atoms with E-state index in [-0.39, 0.29) is 0 Å². The molecule has 0 aromatic heterocycles. The van der Waals surface area contributed by atoms with Gasteiger partial charge in [0, 0.05) is 0 Å². The van der Waals surface area contributed by atoms with Crippen molar-refractivity contribution in [1.29, 1.82) is 0 Å². The van der Waals surface area contributed by atoms with Crippen LogP contribution in [0.4, 0.5) is 0 Å². The second-order valence-electron chi connectivity index (χ2n) is 14.2. The standard InChI is InChI=1S/C48H48P2/c1-7-21-37(22-8-1)43-33-19-35-45(49(39-25-11-3-12-26-39)40-27-13-4-14-28-40)47(43)48-44(38-23-9-2-10-24-38)34-20-36-46(48)50(41-29-15-5-16-30-41)42-31-17-6-18-32-42/h3-6,11-20,25-38H,1-2,7-10,21-24H2. The van der Waals surface area contributed by atoms with Crippen LogP contribution in [0.15, 0.2) is 158 Å². The number of benzene rings is 6. The van der Waals surface area contributed by atoms with Gasteiger partial charge in [0.2, 0.25) is 0 Å². The molecule has 250 valence electrons. The van der Waals surface area contributed by atoms with Gasteiger partial charge in [-0.2, -0.15) is 0 Å². The second-order valence-corrected chi connectivity index (χ2v) is 18.5. The zero-order valence-electron chi connectivity index (χ0n) is 29.1. The van der Waals surface area contributed by atoms with Crippen LogP contribution in [-0.4, -0.2) is 0 Å². The first-order chi connectivity index (χ1) is 24.9. The quantitative estimate of drug-likeness (QED) is 0.133. The SMILES string of the molecule is c1ccc(P(c2ccccc2)c2cccc(C3CCCCC3)c2-c2c(C3CCCCC3)cccc2P(c2ccccc2)c2ccccc2)cc1. The van der Waals surface area contributed by atoms with Crippen LogP contribution >= 0.6 is 15.8 Å². The molecule has 2 fully saturated rings. The summed E-state index contributed by atoms with van der Waals surface area (Å²) in [5.74, 6) is 1.18. The maximum absolute atomic E-state index is 2.53. The summed E-state index contributed by atoms with van der Waals surface area (Å²) in [5.41, 5.74) is 6.33. The lowest BCUT2D eigenvalue weighted by atomic mass is 9.77. The normalized spacial score (nSPS) is 15.8. The Bertz CT molecular complexity index is 1730. The van der Waals surface area contributed by atoms with Crippen LogP contribution in [0.25, 0.3) is 11.1 Å². The Morgan fingerprint density at radius 2 is 0.600 bits per heavy atom. The molecule has 0 aliphatic heterocycles. The van der Waals surface area contributed by atoms with Gasteiger partial charge in [-0.25, -0.2) is 0 Å². The van der Waals surface area contributed by atoms with Crippen molar-refractivity contribution in [2.75, 3.05) is 0 Å². The van der Waals surface area contributed by atoms with Gasteiger partial charge >= 0.3 is 0 Å². The van der Waals surface area contributed by atoms with Gasteiger partial charge in [-0.15, -0.1) is 0 Å². The fraction of sp³-hybridized carbons (Fsp3) is 0.250. The Labute approximate surface area is 302 Å². The Hall–Kier alpha value is -3.82. The molecule has 0 unspecified atom stereocenters. The fourth-order valence-corrected chi connectivity index (χ4v) is 13.7. The third-order valence-corrected chi connectivity index (χ3v) is 16.0. The number of hydrogen-bond acceptors (Lipinski definition) is 0. The highest BCUT2D eigenvalue weighted by molar-refractivity contribution is 7.80. The summed E-state index contributed by atoms with van der Waals surface area (Å²) >= 11 is 0. The highest BCUT2D eigenvalue weighted by Gasteiger charge is 2.32. The van der Waals surface area contributed by atoms with E-state index >= 15 is 0 Å². The Balaban J connectivity index is 1.47. The molecule has 2 saturated carbocycles. The van der Waals surface area contributed by atoms with Crippen molar-refractivity contribution in [2.45, 2.75) is 76.0 Å². The van der Waals surface area contributed by atoms with E-state index in [9.17, 15) is 0 Å². The average molecular weight is 687 g/mol. The van der Waals surface area contributed by atoms with Gasteiger partial charge < -0.3 is 0 Å². The monoisotopic (exact) mass is 686 g/mol. The van der Waals surface area contributed by atoms with E-state index < -0.39 is 15.8 Å². The third-order valence-electron chi connectivity index (χ3n) is 11.0. The highest BCUT2D eigenvalue weighted by atomic mass is 31.1. The Morgan fingerprint density at radius 3 is 0.900 bits per heavy atom. The largest absolute Gasteiger partial charge is 0.0622 e. The summed E-state index contributed by atoms with van der Waals surface area (Å²) in [7, 11) is -1.58. The van der Waals surface area contributed by atoms with Gasteiger partial charge in [-0.05, 0) is 107 Å². The molecule has 0 atom stereocenters. The van der Waals surface area contributed by atoms with Gasteiger partial charge in [0.05, 0.1) is 0 Å². The molecule has 2 aliphatic rings. The first-order valence-corrected chi connectivity index (χ1v) is 21.6. The summed E-state index contributed by atoms with van der Waals surface area (Å²) in [6.45, 7) is 0. The van der Waals surface area contributed by atoms with Crippen LogP contribution in [0.2, 0.25) is 0 Å². The first kappa shape index (κ1) is 33.3. The minimum Gasteiger partial charge on any atom is -0.0622 e. The molecule has 6 aromatic carbocycles. The number of rotatable bonds is 9. The Kier molecular flexibility index (Phi) is 10.7. The maximum atomic E-state index is 2.53. The van der Waals surface area contributed by atoms with Crippen LogP contribution < -0.4 is 31.8 Å². The van der Waals surface area contributed by atoms with Gasteiger partial charge in [-0.1, -0.05) is 196 Å². The summed E-state index contributed by atoms with van der Waals surface area (Å²) in [4.78, 5) is 0. The molecule has 0 bridgehead atoms. The van der Waals surface area contributed by atoms with Crippen molar-refractivity contribution in [3.8, 4) is 11.1 Å². The molecular formula is C48H48P2. The lowest BCUT2D eigenvalue weighted by Crippen LogP contribution is -2.28. The molecule has 2 aliphatic carbocycles. The van der Waals surface area contributed by atoms with E-state index in [0.29, 0.717) is 11.8 Å². The van der Waals surface area contributed by atoms with Crippen molar-refractivity contribution < 1.29 is 0 Å². The van der Waals surface area contributed by atoms with E-state index in [4.69, 9.17) is 0 Å². The van der Waals surface area contributed by atoms with Gasteiger partial charge in [0.15, 0.2) is 0 Å². The predicted molar refractivity (Wildman–Crippen MR) is 221 cm³/mol. The minimum absolute atomic E-state index is 0.592. The summed E-state index contributed by atoms with van der Waals surface area (Å²) in [5, 5.41) is 8.78. The van der Waals surface area contributed by atoms with E-state index in [1.807, 2.05) is 0 Å². The maximum Gasteiger partial charge on any atom is -0.00559 e. The minimum atomic E-state index is -0.790. The molecule has 0 heterocycles. The molecule has 0 saturated heterocycles. The lowest BCUT2D eigenvalue weighted by Gasteiger charge is -2.34. The number of hydrogen-bond donors (Lipinski definition) is 0. The molecular weight excluding hydrogens is 638 g/mol. The van der Waals surface area contributed by atoms with Gasteiger partial charge in [-0.3, -0.25) is 0 Å². The average Bonchev–Trinajstić information content (AvgIpc) is 3.20. The molecule has 0 radical (unpaired) electrons. The van der Waals surface area contributed by atoms with Crippen molar-refractivity contribution >= 4 is 47.7 Å². The van der Waals surface area contributed by atoms with Crippen LogP contribution in [0, 0.1) is 0 Å². The Morgan fingerprint density at radius 1 is 0.300 bits per heavy atom. The zero-order chi connectivity index (χ0) is 33.5. The molecule has 0 amide bonds.